The maximum absolute atomic E-state index is 11.8. The van der Waals surface area contributed by atoms with Crippen LogP contribution < -0.4 is 4.74 Å². The number of hydrogen-bond donors (Lipinski definition) is 1. The van der Waals surface area contributed by atoms with E-state index in [1.54, 1.807) is 32.2 Å². The van der Waals surface area contributed by atoms with Crippen LogP contribution in [0.4, 0.5) is 0 Å². The smallest absolute Gasteiger partial charge is 0.310 e. The fourth-order valence-electron chi connectivity index (χ4n) is 1.62. The maximum Gasteiger partial charge on any atom is 0.310 e. The van der Waals surface area contributed by atoms with Gasteiger partial charge in [0.05, 0.1) is 13.0 Å². The SMILES string of the molecule is COC(=O)C(C)CN(C)C(=O)COc1ccccc1O. The van der Waals surface area contributed by atoms with Gasteiger partial charge in [-0.1, -0.05) is 19.1 Å². The van der Waals surface area contributed by atoms with Gasteiger partial charge in [0.15, 0.2) is 18.1 Å². The predicted octanol–water partition coefficient (Wildman–Crippen LogP) is 1.04. The third-order valence-corrected chi connectivity index (χ3v) is 2.79. The Hall–Kier alpha value is -2.24. The monoisotopic (exact) mass is 281 g/mol. The predicted molar refractivity (Wildman–Crippen MR) is 72.4 cm³/mol. The van der Waals surface area contributed by atoms with Crippen molar-refractivity contribution in [2.24, 2.45) is 5.92 Å². The second-order valence-electron chi connectivity index (χ2n) is 4.45. The molecule has 0 heterocycles. The fraction of sp³-hybridized carbons (Fsp3) is 0.429. The summed E-state index contributed by atoms with van der Waals surface area (Å²) >= 11 is 0. The summed E-state index contributed by atoms with van der Waals surface area (Å²) in [6, 6.07) is 6.40. The molecule has 110 valence electrons. The molecule has 1 aromatic rings. The summed E-state index contributed by atoms with van der Waals surface area (Å²) in [4.78, 5) is 24.5. The van der Waals surface area contributed by atoms with Gasteiger partial charge in [-0.15, -0.1) is 0 Å². The van der Waals surface area contributed by atoms with Crippen LogP contribution in [-0.4, -0.2) is 49.2 Å². The molecule has 0 aliphatic heterocycles. The van der Waals surface area contributed by atoms with Crippen LogP contribution in [0.5, 0.6) is 11.5 Å². The van der Waals surface area contributed by atoms with Crippen molar-refractivity contribution in [3.8, 4) is 11.5 Å². The molecule has 0 fully saturated rings. The molecule has 20 heavy (non-hydrogen) atoms. The Labute approximate surface area is 117 Å². The number of amides is 1. The molecular formula is C14H19NO5. The Balaban J connectivity index is 2.46. The first-order chi connectivity index (χ1) is 9.45. The molecule has 6 heteroatoms. The third-order valence-electron chi connectivity index (χ3n) is 2.79. The van der Waals surface area contributed by atoms with Crippen molar-refractivity contribution in [3.63, 3.8) is 0 Å². The molecule has 1 unspecified atom stereocenters. The van der Waals surface area contributed by atoms with Crippen molar-refractivity contribution < 1.29 is 24.2 Å². The molecule has 0 radical (unpaired) electrons. The van der Waals surface area contributed by atoms with Gasteiger partial charge in [-0.25, -0.2) is 0 Å². The van der Waals surface area contributed by atoms with Gasteiger partial charge in [0.1, 0.15) is 0 Å². The van der Waals surface area contributed by atoms with E-state index in [2.05, 4.69) is 4.74 Å². The van der Waals surface area contributed by atoms with E-state index < -0.39 is 5.92 Å². The van der Waals surface area contributed by atoms with Gasteiger partial charge in [0.2, 0.25) is 0 Å². The van der Waals surface area contributed by atoms with Crippen molar-refractivity contribution >= 4 is 11.9 Å². The number of rotatable bonds is 6. The lowest BCUT2D eigenvalue weighted by Crippen LogP contribution is -2.37. The number of esters is 1. The number of phenolic OH excluding ortho intramolecular Hbond substituents is 1. The van der Waals surface area contributed by atoms with E-state index in [9.17, 15) is 14.7 Å². The summed E-state index contributed by atoms with van der Waals surface area (Å²) in [6.45, 7) is 1.72. The van der Waals surface area contributed by atoms with Crippen molar-refractivity contribution in [2.75, 3.05) is 27.3 Å². The van der Waals surface area contributed by atoms with Crippen molar-refractivity contribution in [3.05, 3.63) is 24.3 Å². The molecule has 1 atom stereocenters. The first-order valence-electron chi connectivity index (χ1n) is 6.18. The number of likely N-dealkylation sites (N-methyl/N-ethyl adjacent to an activating group) is 1. The quantitative estimate of drug-likeness (QED) is 0.788. The van der Waals surface area contributed by atoms with Crippen LogP contribution >= 0.6 is 0 Å². The molecule has 1 aromatic carbocycles. The minimum absolute atomic E-state index is 0.0223. The highest BCUT2D eigenvalue weighted by Crippen LogP contribution is 2.24. The van der Waals surface area contributed by atoms with Gasteiger partial charge in [-0.2, -0.15) is 0 Å². The number of carbonyl (C=O) groups excluding carboxylic acids is 2. The molecule has 0 aliphatic rings. The van der Waals surface area contributed by atoms with E-state index in [0.29, 0.717) is 0 Å². The number of methoxy groups -OCH3 is 1. The molecule has 1 amide bonds. The second-order valence-corrected chi connectivity index (χ2v) is 4.45. The first kappa shape index (κ1) is 15.8. The summed E-state index contributed by atoms with van der Waals surface area (Å²) in [6.07, 6.45) is 0. The number of carbonyl (C=O) groups is 2. The highest BCUT2D eigenvalue weighted by molar-refractivity contribution is 5.79. The number of ether oxygens (including phenoxy) is 2. The molecule has 0 aromatic heterocycles. The van der Waals surface area contributed by atoms with Gasteiger partial charge in [-0.3, -0.25) is 9.59 Å². The number of phenols is 1. The zero-order chi connectivity index (χ0) is 15.1. The lowest BCUT2D eigenvalue weighted by Gasteiger charge is -2.20. The minimum atomic E-state index is -0.404. The average Bonchev–Trinajstić information content (AvgIpc) is 2.44. The molecule has 0 saturated carbocycles. The van der Waals surface area contributed by atoms with E-state index in [1.807, 2.05) is 0 Å². The molecule has 0 bridgehead atoms. The Morgan fingerprint density at radius 2 is 2.00 bits per heavy atom. The van der Waals surface area contributed by atoms with Crippen LogP contribution in [0.15, 0.2) is 24.3 Å². The lowest BCUT2D eigenvalue weighted by molar-refractivity contribution is -0.146. The number of benzene rings is 1. The van der Waals surface area contributed by atoms with Gasteiger partial charge in [-0.05, 0) is 12.1 Å². The lowest BCUT2D eigenvalue weighted by atomic mass is 10.2. The topological polar surface area (TPSA) is 76.1 Å². The van der Waals surface area contributed by atoms with E-state index in [1.165, 1.54) is 18.1 Å². The zero-order valence-electron chi connectivity index (χ0n) is 11.8. The molecule has 0 saturated heterocycles. The van der Waals surface area contributed by atoms with Crippen LogP contribution in [0.2, 0.25) is 0 Å². The maximum atomic E-state index is 11.8. The van der Waals surface area contributed by atoms with E-state index in [4.69, 9.17) is 4.74 Å². The Morgan fingerprint density at radius 3 is 2.60 bits per heavy atom. The summed E-state index contributed by atoms with van der Waals surface area (Å²) in [5, 5.41) is 9.50. The van der Waals surface area contributed by atoms with Crippen LogP contribution in [0, 0.1) is 5.92 Å². The van der Waals surface area contributed by atoms with E-state index in [-0.39, 0.29) is 36.5 Å². The highest BCUT2D eigenvalue weighted by atomic mass is 16.5. The molecule has 0 spiro atoms. The fourth-order valence-corrected chi connectivity index (χ4v) is 1.62. The first-order valence-corrected chi connectivity index (χ1v) is 6.18. The number of hydrogen-bond acceptors (Lipinski definition) is 5. The average molecular weight is 281 g/mol. The molecule has 1 N–H and O–H groups in total. The Kier molecular flexibility index (Phi) is 5.83. The van der Waals surface area contributed by atoms with Gasteiger partial charge < -0.3 is 19.5 Å². The van der Waals surface area contributed by atoms with Crippen LogP contribution in [0.25, 0.3) is 0 Å². The van der Waals surface area contributed by atoms with E-state index in [0.717, 1.165) is 0 Å². The van der Waals surface area contributed by atoms with Gasteiger partial charge >= 0.3 is 5.97 Å². The summed E-state index contributed by atoms with van der Waals surface area (Å²) < 4.78 is 9.83. The van der Waals surface area contributed by atoms with Gasteiger partial charge in [0.25, 0.3) is 5.91 Å². The molecule has 0 aliphatic carbocycles. The highest BCUT2D eigenvalue weighted by Gasteiger charge is 2.19. The number of aromatic hydroxyl groups is 1. The Bertz CT molecular complexity index is 474. The largest absolute Gasteiger partial charge is 0.504 e. The number of nitrogens with zero attached hydrogens (tertiary/aromatic N) is 1. The molecule has 6 nitrogen and oxygen atoms in total. The van der Waals surface area contributed by atoms with Gasteiger partial charge in [0, 0.05) is 13.6 Å². The Morgan fingerprint density at radius 1 is 1.35 bits per heavy atom. The third kappa shape index (κ3) is 4.46. The summed E-state index contributed by atoms with van der Waals surface area (Å²) in [7, 11) is 2.89. The standard InChI is InChI=1S/C14H19NO5/c1-10(14(18)19-3)8-15(2)13(17)9-20-12-7-5-4-6-11(12)16/h4-7,10,16H,8-9H2,1-3H3. The zero-order valence-corrected chi connectivity index (χ0v) is 11.8. The minimum Gasteiger partial charge on any atom is -0.504 e. The van der Waals surface area contributed by atoms with Crippen molar-refractivity contribution in [1.29, 1.82) is 0 Å². The van der Waals surface area contributed by atoms with Crippen LogP contribution in [0.3, 0.4) is 0 Å². The molecular weight excluding hydrogens is 262 g/mol. The number of para-hydroxylation sites is 2. The van der Waals surface area contributed by atoms with Crippen LogP contribution in [-0.2, 0) is 14.3 Å². The van der Waals surface area contributed by atoms with Crippen molar-refractivity contribution in [2.45, 2.75) is 6.92 Å². The normalized spacial score (nSPS) is 11.6. The molecule has 1 rings (SSSR count). The van der Waals surface area contributed by atoms with Crippen molar-refractivity contribution in [1.82, 2.24) is 4.90 Å². The van der Waals surface area contributed by atoms with Crippen LogP contribution in [0.1, 0.15) is 6.92 Å². The summed E-state index contributed by atoms with van der Waals surface area (Å²) in [5.41, 5.74) is 0. The summed E-state index contributed by atoms with van der Waals surface area (Å²) in [5.74, 6) is -0.837. The second kappa shape index (κ2) is 7.37. The van der Waals surface area contributed by atoms with E-state index >= 15 is 0 Å².